The Kier molecular flexibility index (Phi) is 5.66. The quantitative estimate of drug-likeness (QED) is 0.875. The molecule has 0 unspecified atom stereocenters. The maximum Gasteiger partial charge on any atom is 0.263 e. The van der Waals surface area contributed by atoms with Crippen molar-refractivity contribution in [1.29, 1.82) is 0 Å². The predicted molar refractivity (Wildman–Crippen MR) is 95.1 cm³/mol. The number of nitrogens with zero attached hydrogens (tertiary/aromatic N) is 1. The van der Waals surface area contributed by atoms with Gasteiger partial charge in [-0.2, -0.15) is 0 Å². The first-order valence-electron chi connectivity index (χ1n) is 8.25. The summed E-state index contributed by atoms with van der Waals surface area (Å²) in [4.78, 5) is 16.5. The van der Waals surface area contributed by atoms with E-state index in [4.69, 9.17) is 4.74 Å². The normalized spacial score (nSPS) is 17.4. The molecule has 1 aliphatic heterocycles. The van der Waals surface area contributed by atoms with Crippen LogP contribution in [0.2, 0.25) is 0 Å². The van der Waals surface area contributed by atoms with Crippen molar-refractivity contribution in [3.05, 3.63) is 57.3 Å². The van der Waals surface area contributed by atoms with Gasteiger partial charge in [0.15, 0.2) is 0 Å². The van der Waals surface area contributed by atoms with Gasteiger partial charge in [0, 0.05) is 25.1 Å². The van der Waals surface area contributed by atoms with E-state index in [0.717, 1.165) is 41.2 Å². The molecule has 1 amide bonds. The van der Waals surface area contributed by atoms with Gasteiger partial charge in [0.05, 0.1) is 18.1 Å². The monoisotopic (exact) mass is 345 g/mol. The van der Waals surface area contributed by atoms with Gasteiger partial charge in [0.1, 0.15) is 0 Å². The predicted octanol–water partition coefficient (Wildman–Crippen LogP) is 3.09. The number of rotatable bonds is 6. The van der Waals surface area contributed by atoms with E-state index in [9.17, 15) is 9.90 Å². The maximum absolute atomic E-state index is 12.6. The number of methoxy groups -OCH3 is 1. The second-order valence-corrected chi connectivity index (χ2v) is 7.46. The summed E-state index contributed by atoms with van der Waals surface area (Å²) in [5.74, 6) is 0.621. The lowest BCUT2D eigenvalue weighted by Crippen LogP contribution is -2.28. The van der Waals surface area contributed by atoms with Gasteiger partial charge in [-0.3, -0.25) is 4.79 Å². The van der Waals surface area contributed by atoms with Crippen LogP contribution in [0.1, 0.15) is 32.1 Å². The fraction of sp³-hybridized carbons (Fsp3) is 0.421. The number of hydrogen-bond acceptors (Lipinski definition) is 4. The van der Waals surface area contributed by atoms with Crippen molar-refractivity contribution >= 4 is 17.2 Å². The first-order valence-corrected chi connectivity index (χ1v) is 9.07. The van der Waals surface area contributed by atoms with Crippen LogP contribution in [0.4, 0.5) is 0 Å². The lowest BCUT2D eigenvalue weighted by Gasteiger charge is -2.16. The standard InChI is InChI=1S/C19H23NO3S/c1-23-13-17-5-6-18(24-17)19(22)20-8-7-15(11-20)9-14-3-2-4-16(10-14)12-21/h2-6,10,15,21H,7-9,11-13H2,1H3/t15-/m1/s1. The average Bonchev–Trinajstić information content (AvgIpc) is 3.24. The Bertz CT molecular complexity index is 697. The second kappa shape index (κ2) is 7.92. The molecular formula is C19H23NO3S. The Morgan fingerprint density at radius 3 is 2.96 bits per heavy atom. The molecule has 0 spiro atoms. The van der Waals surface area contributed by atoms with Crippen LogP contribution in [0, 0.1) is 5.92 Å². The molecule has 1 aliphatic rings. The maximum atomic E-state index is 12.6. The SMILES string of the molecule is COCc1ccc(C(=O)N2CC[C@H](Cc3cccc(CO)c3)C2)s1. The molecule has 1 atom stereocenters. The molecule has 1 aromatic carbocycles. The summed E-state index contributed by atoms with van der Waals surface area (Å²) in [6, 6.07) is 11.9. The third-order valence-electron chi connectivity index (χ3n) is 4.43. The number of ether oxygens (including phenoxy) is 1. The van der Waals surface area contributed by atoms with Crippen molar-refractivity contribution in [2.75, 3.05) is 20.2 Å². The fourth-order valence-electron chi connectivity index (χ4n) is 3.24. The number of aliphatic hydroxyl groups excluding tert-OH is 1. The molecule has 4 nitrogen and oxygen atoms in total. The van der Waals surface area contributed by atoms with Gasteiger partial charge in [0.2, 0.25) is 0 Å². The van der Waals surface area contributed by atoms with Gasteiger partial charge >= 0.3 is 0 Å². The van der Waals surface area contributed by atoms with E-state index < -0.39 is 0 Å². The van der Waals surface area contributed by atoms with Gasteiger partial charge in [-0.1, -0.05) is 24.3 Å². The number of hydrogen-bond donors (Lipinski definition) is 1. The first-order chi connectivity index (χ1) is 11.7. The minimum Gasteiger partial charge on any atom is -0.392 e. The molecule has 0 aliphatic carbocycles. The number of carbonyl (C=O) groups is 1. The van der Waals surface area contributed by atoms with Crippen LogP contribution < -0.4 is 0 Å². The number of carbonyl (C=O) groups excluding carboxylic acids is 1. The highest BCUT2D eigenvalue weighted by atomic mass is 32.1. The summed E-state index contributed by atoms with van der Waals surface area (Å²) in [5.41, 5.74) is 2.18. The summed E-state index contributed by atoms with van der Waals surface area (Å²) in [7, 11) is 1.66. The Morgan fingerprint density at radius 1 is 1.33 bits per heavy atom. The molecule has 128 valence electrons. The van der Waals surface area contributed by atoms with Gasteiger partial charge < -0.3 is 14.7 Å². The van der Waals surface area contributed by atoms with Crippen molar-refractivity contribution in [2.45, 2.75) is 26.1 Å². The van der Waals surface area contributed by atoms with Crippen LogP contribution in [0.3, 0.4) is 0 Å². The molecule has 5 heteroatoms. The lowest BCUT2D eigenvalue weighted by molar-refractivity contribution is 0.0792. The van der Waals surface area contributed by atoms with E-state index >= 15 is 0 Å². The highest BCUT2D eigenvalue weighted by Crippen LogP contribution is 2.25. The zero-order valence-electron chi connectivity index (χ0n) is 13.9. The Hall–Kier alpha value is -1.69. The Labute approximate surface area is 146 Å². The van der Waals surface area contributed by atoms with Crippen LogP contribution in [0.15, 0.2) is 36.4 Å². The number of likely N-dealkylation sites (tertiary alicyclic amines) is 1. The molecule has 0 saturated carbocycles. The van der Waals surface area contributed by atoms with E-state index in [1.807, 2.05) is 29.2 Å². The number of thiophene rings is 1. The van der Waals surface area contributed by atoms with Crippen molar-refractivity contribution in [3.63, 3.8) is 0 Å². The first kappa shape index (κ1) is 17.1. The minimum atomic E-state index is 0.0747. The number of benzene rings is 1. The molecule has 3 rings (SSSR count). The van der Waals surface area contributed by atoms with Crippen molar-refractivity contribution in [3.8, 4) is 0 Å². The fourth-order valence-corrected chi connectivity index (χ4v) is 4.19. The van der Waals surface area contributed by atoms with E-state index in [1.54, 1.807) is 7.11 Å². The molecule has 1 fully saturated rings. The summed E-state index contributed by atoms with van der Waals surface area (Å²) < 4.78 is 5.12. The van der Waals surface area contributed by atoms with Gasteiger partial charge in [-0.15, -0.1) is 11.3 Å². The molecule has 1 saturated heterocycles. The van der Waals surface area contributed by atoms with Crippen LogP contribution in [-0.2, 0) is 24.4 Å². The largest absolute Gasteiger partial charge is 0.392 e. The summed E-state index contributed by atoms with van der Waals surface area (Å²) in [6.07, 6.45) is 1.99. The molecule has 2 heterocycles. The molecule has 1 N–H and O–H groups in total. The van der Waals surface area contributed by atoms with Gasteiger partial charge in [0.25, 0.3) is 5.91 Å². The van der Waals surface area contributed by atoms with Crippen LogP contribution >= 0.6 is 11.3 Å². The molecule has 24 heavy (non-hydrogen) atoms. The van der Waals surface area contributed by atoms with Gasteiger partial charge in [-0.05, 0) is 42.0 Å². The van der Waals surface area contributed by atoms with Crippen LogP contribution in [-0.4, -0.2) is 36.1 Å². The lowest BCUT2D eigenvalue weighted by atomic mass is 9.97. The second-order valence-electron chi connectivity index (χ2n) is 6.29. The van der Waals surface area contributed by atoms with E-state index in [2.05, 4.69) is 12.1 Å². The highest BCUT2D eigenvalue weighted by Gasteiger charge is 2.27. The average molecular weight is 345 g/mol. The smallest absolute Gasteiger partial charge is 0.263 e. The summed E-state index contributed by atoms with van der Waals surface area (Å²) in [6.45, 7) is 2.26. The van der Waals surface area contributed by atoms with E-state index in [-0.39, 0.29) is 12.5 Å². The third kappa shape index (κ3) is 4.04. The summed E-state index contributed by atoms with van der Waals surface area (Å²) in [5, 5.41) is 9.24. The number of aliphatic hydroxyl groups is 1. The van der Waals surface area contributed by atoms with Crippen molar-refractivity contribution in [2.24, 2.45) is 5.92 Å². The van der Waals surface area contributed by atoms with Crippen LogP contribution in [0.5, 0.6) is 0 Å². The van der Waals surface area contributed by atoms with Crippen LogP contribution in [0.25, 0.3) is 0 Å². The molecule has 2 aromatic rings. The summed E-state index contributed by atoms with van der Waals surface area (Å²) >= 11 is 1.52. The number of amides is 1. The van der Waals surface area contributed by atoms with Crippen molar-refractivity contribution < 1.29 is 14.6 Å². The minimum absolute atomic E-state index is 0.0747. The molecule has 1 aromatic heterocycles. The van der Waals surface area contributed by atoms with E-state index in [1.165, 1.54) is 16.9 Å². The highest BCUT2D eigenvalue weighted by molar-refractivity contribution is 7.14. The zero-order valence-corrected chi connectivity index (χ0v) is 14.7. The zero-order chi connectivity index (χ0) is 16.9. The van der Waals surface area contributed by atoms with Crippen molar-refractivity contribution in [1.82, 2.24) is 4.90 Å². The molecule has 0 radical (unpaired) electrons. The molecular weight excluding hydrogens is 322 g/mol. The molecule has 0 bridgehead atoms. The third-order valence-corrected chi connectivity index (χ3v) is 5.48. The Balaban J connectivity index is 1.58. The van der Waals surface area contributed by atoms with E-state index in [0.29, 0.717) is 12.5 Å². The van der Waals surface area contributed by atoms with Gasteiger partial charge in [-0.25, -0.2) is 0 Å². The Morgan fingerprint density at radius 2 is 2.17 bits per heavy atom. The topological polar surface area (TPSA) is 49.8 Å².